The van der Waals surface area contributed by atoms with Crippen molar-refractivity contribution in [3.63, 3.8) is 0 Å². The number of nitro groups is 1. The number of nitrogens with zero attached hydrogens (tertiary/aromatic N) is 4. The summed E-state index contributed by atoms with van der Waals surface area (Å²) < 4.78 is 5.17. The van der Waals surface area contributed by atoms with E-state index in [0.717, 1.165) is 0 Å². The van der Waals surface area contributed by atoms with Crippen LogP contribution < -0.4 is 4.74 Å². The van der Waals surface area contributed by atoms with Crippen LogP contribution in [0.2, 0.25) is 0 Å². The van der Waals surface area contributed by atoms with Crippen LogP contribution in [0.4, 0.5) is 5.69 Å². The van der Waals surface area contributed by atoms with Crippen molar-refractivity contribution in [3.8, 4) is 11.8 Å². The fraction of sp³-hybridized carbons (Fsp3) is 0. The van der Waals surface area contributed by atoms with E-state index in [9.17, 15) is 10.1 Å². The highest BCUT2D eigenvalue weighted by molar-refractivity contribution is 5.46. The zero-order valence-corrected chi connectivity index (χ0v) is 7.98. The van der Waals surface area contributed by atoms with E-state index >= 15 is 0 Å². The van der Waals surface area contributed by atoms with Gasteiger partial charge in [-0.3, -0.25) is 10.1 Å². The molecule has 0 radical (unpaired) electrons. The SMILES string of the molecule is O=[N+]([O-])c1ccccc1Oc1ncncn1. The average molecular weight is 218 g/mol. The maximum absolute atomic E-state index is 10.7. The van der Waals surface area contributed by atoms with Gasteiger partial charge in [0, 0.05) is 6.07 Å². The van der Waals surface area contributed by atoms with Crippen molar-refractivity contribution < 1.29 is 9.66 Å². The third-order valence-corrected chi connectivity index (χ3v) is 1.73. The van der Waals surface area contributed by atoms with Gasteiger partial charge in [0.1, 0.15) is 12.7 Å². The summed E-state index contributed by atoms with van der Waals surface area (Å²) in [6.07, 6.45) is 2.49. The van der Waals surface area contributed by atoms with Crippen molar-refractivity contribution in [1.29, 1.82) is 0 Å². The van der Waals surface area contributed by atoms with Gasteiger partial charge in [-0.15, -0.1) is 0 Å². The van der Waals surface area contributed by atoms with E-state index in [2.05, 4.69) is 15.0 Å². The molecule has 2 rings (SSSR count). The Morgan fingerprint density at radius 3 is 2.56 bits per heavy atom. The minimum absolute atomic E-state index is 0.0179. The minimum atomic E-state index is -0.531. The van der Waals surface area contributed by atoms with Gasteiger partial charge in [-0.1, -0.05) is 12.1 Å². The third-order valence-electron chi connectivity index (χ3n) is 1.73. The van der Waals surface area contributed by atoms with E-state index in [1.807, 2.05) is 0 Å². The quantitative estimate of drug-likeness (QED) is 0.573. The highest BCUT2D eigenvalue weighted by atomic mass is 16.6. The van der Waals surface area contributed by atoms with Crippen molar-refractivity contribution in [2.45, 2.75) is 0 Å². The van der Waals surface area contributed by atoms with Crippen molar-refractivity contribution in [2.75, 3.05) is 0 Å². The Bertz CT molecular complexity index is 503. The summed E-state index contributed by atoms with van der Waals surface area (Å²) >= 11 is 0. The first-order valence-corrected chi connectivity index (χ1v) is 4.30. The van der Waals surface area contributed by atoms with Crippen LogP contribution in [0.5, 0.6) is 11.8 Å². The van der Waals surface area contributed by atoms with Gasteiger partial charge in [0.15, 0.2) is 0 Å². The van der Waals surface area contributed by atoms with Crippen LogP contribution in [0.15, 0.2) is 36.9 Å². The number of hydrogen-bond acceptors (Lipinski definition) is 6. The summed E-state index contributed by atoms with van der Waals surface area (Å²) in [5.74, 6) is 0.0960. The third kappa shape index (κ3) is 2.08. The highest BCUT2D eigenvalue weighted by Crippen LogP contribution is 2.28. The molecule has 0 N–H and O–H groups in total. The molecule has 16 heavy (non-hydrogen) atoms. The second-order valence-corrected chi connectivity index (χ2v) is 2.75. The van der Waals surface area contributed by atoms with Gasteiger partial charge in [-0.25, -0.2) is 4.98 Å². The standard InChI is InChI=1S/C9H6N4O3/c14-13(15)7-3-1-2-4-8(7)16-9-11-5-10-6-12-9/h1-6H. The predicted octanol–water partition coefficient (Wildman–Crippen LogP) is 1.57. The number of benzene rings is 1. The summed E-state index contributed by atoms with van der Waals surface area (Å²) in [6, 6.07) is 6.02. The lowest BCUT2D eigenvalue weighted by atomic mass is 10.3. The van der Waals surface area contributed by atoms with E-state index in [1.54, 1.807) is 12.1 Å². The van der Waals surface area contributed by atoms with Crippen LogP contribution in [-0.4, -0.2) is 19.9 Å². The number of aromatic nitrogens is 3. The van der Waals surface area contributed by atoms with Gasteiger partial charge in [-0.2, -0.15) is 9.97 Å². The molecular formula is C9H6N4O3. The monoisotopic (exact) mass is 218 g/mol. The topological polar surface area (TPSA) is 91.0 Å². The maximum atomic E-state index is 10.7. The van der Waals surface area contributed by atoms with Crippen LogP contribution >= 0.6 is 0 Å². The Morgan fingerprint density at radius 2 is 1.88 bits per heavy atom. The fourth-order valence-electron chi connectivity index (χ4n) is 1.07. The van der Waals surface area contributed by atoms with Crippen LogP contribution in [0.25, 0.3) is 0 Å². The number of ether oxygens (including phenoxy) is 1. The molecule has 1 aromatic carbocycles. The molecule has 0 aliphatic carbocycles. The first-order valence-electron chi connectivity index (χ1n) is 4.30. The molecule has 0 fully saturated rings. The van der Waals surface area contributed by atoms with Crippen molar-refractivity contribution >= 4 is 5.69 Å². The lowest BCUT2D eigenvalue weighted by Gasteiger charge is -2.02. The van der Waals surface area contributed by atoms with E-state index in [0.29, 0.717) is 0 Å². The molecule has 7 heteroatoms. The zero-order valence-electron chi connectivity index (χ0n) is 7.98. The van der Waals surface area contributed by atoms with E-state index < -0.39 is 4.92 Å². The van der Waals surface area contributed by atoms with Crippen LogP contribution in [0.1, 0.15) is 0 Å². The summed E-state index contributed by atoms with van der Waals surface area (Å²) in [6.45, 7) is 0. The van der Waals surface area contributed by atoms with Crippen LogP contribution in [0.3, 0.4) is 0 Å². The molecule has 0 amide bonds. The van der Waals surface area contributed by atoms with Crippen molar-refractivity contribution in [2.24, 2.45) is 0 Å². The lowest BCUT2D eigenvalue weighted by Crippen LogP contribution is -1.96. The summed E-state index contributed by atoms with van der Waals surface area (Å²) in [5.41, 5.74) is -0.136. The molecule has 0 bridgehead atoms. The highest BCUT2D eigenvalue weighted by Gasteiger charge is 2.14. The molecule has 1 aromatic heterocycles. The Hall–Kier alpha value is -2.57. The molecule has 0 spiro atoms. The first-order chi connectivity index (χ1) is 7.77. The molecule has 0 saturated heterocycles. The Balaban J connectivity index is 2.31. The van der Waals surface area contributed by atoms with E-state index in [-0.39, 0.29) is 17.4 Å². The molecule has 0 atom stereocenters. The lowest BCUT2D eigenvalue weighted by molar-refractivity contribution is -0.385. The maximum Gasteiger partial charge on any atom is 0.325 e. The zero-order chi connectivity index (χ0) is 11.4. The van der Waals surface area contributed by atoms with Crippen molar-refractivity contribution in [1.82, 2.24) is 15.0 Å². The predicted molar refractivity (Wildman–Crippen MR) is 53.0 cm³/mol. The average Bonchev–Trinajstić information content (AvgIpc) is 2.31. The number of hydrogen-bond donors (Lipinski definition) is 0. The van der Waals surface area contributed by atoms with E-state index in [4.69, 9.17) is 4.74 Å². The Labute approximate surface area is 89.9 Å². The van der Waals surface area contributed by atoms with Crippen LogP contribution in [-0.2, 0) is 0 Å². The van der Waals surface area contributed by atoms with Crippen molar-refractivity contribution in [3.05, 3.63) is 47.0 Å². The number of para-hydroxylation sites is 2. The number of nitro benzene ring substituents is 1. The van der Waals surface area contributed by atoms with Gasteiger partial charge in [0.05, 0.1) is 4.92 Å². The Kier molecular flexibility index (Phi) is 2.68. The summed E-state index contributed by atoms with van der Waals surface area (Å²) in [7, 11) is 0. The smallest absolute Gasteiger partial charge is 0.325 e. The van der Waals surface area contributed by atoms with Gasteiger partial charge in [0.2, 0.25) is 5.75 Å². The molecule has 1 heterocycles. The molecule has 0 aliphatic rings. The minimum Gasteiger partial charge on any atom is -0.417 e. The normalized spacial score (nSPS) is 9.75. The molecule has 7 nitrogen and oxygen atoms in total. The second kappa shape index (κ2) is 4.30. The molecule has 0 aliphatic heterocycles. The number of rotatable bonds is 3. The fourth-order valence-corrected chi connectivity index (χ4v) is 1.07. The molecule has 2 aromatic rings. The first kappa shape index (κ1) is 9.97. The molecular weight excluding hydrogens is 212 g/mol. The van der Waals surface area contributed by atoms with Gasteiger partial charge in [0.25, 0.3) is 0 Å². The molecule has 80 valence electrons. The largest absolute Gasteiger partial charge is 0.417 e. The van der Waals surface area contributed by atoms with Gasteiger partial charge in [-0.05, 0) is 6.07 Å². The molecule has 0 unspecified atom stereocenters. The molecule has 0 saturated carbocycles. The Morgan fingerprint density at radius 1 is 1.19 bits per heavy atom. The van der Waals surface area contributed by atoms with Gasteiger partial charge < -0.3 is 4.74 Å². The second-order valence-electron chi connectivity index (χ2n) is 2.75. The van der Waals surface area contributed by atoms with Gasteiger partial charge >= 0.3 is 11.7 Å². The van der Waals surface area contributed by atoms with Crippen LogP contribution in [0, 0.1) is 10.1 Å². The summed E-state index contributed by atoms with van der Waals surface area (Å²) in [5, 5.41) is 10.7. The summed E-state index contributed by atoms with van der Waals surface area (Å²) in [4.78, 5) is 21.2. The van der Waals surface area contributed by atoms with E-state index in [1.165, 1.54) is 24.8 Å².